The highest BCUT2D eigenvalue weighted by atomic mass is 16.7. The molecule has 0 bridgehead atoms. The quantitative estimate of drug-likeness (QED) is 0.460. The normalized spacial score (nSPS) is 50.2. The molecule has 0 spiro atoms. The molecule has 1 N–H and O–H groups in total. The second-order valence-electron chi connectivity index (χ2n) is 12.0. The standard InChI is InChI=1S/C28H40O8/c1-15-25(29)21(31-4)12-23(34-15)35-18-9-10-27(2)17(11-18)6-7-19-20(27)8-5-16-13-32-28(3)24(16)22(14-33-28)36-26(19)30/h6,13,15,18-25,29H,5,7-12,14H2,1-4H3. The molecule has 0 amide bonds. The number of allylic oxidation sites excluding steroid dienone is 1. The second kappa shape index (κ2) is 9.09. The molecule has 11 unspecified atom stereocenters. The van der Waals surface area contributed by atoms with Gasteiger partial charge in [-0.05, 0) is 62.4 Å². The van der Waals surface area contributed by atoms with E-state index in [-0.39, 0.29) is 59.8 Å². The molecule has 0 aromatic rings. The lowest BCUT2D eigenvalue weighted by molar-refractivity contribution is -0.265. The van der Waals surface area contributed by atoms with Gasteiger partial charge in [-0.15, -0.1) is 0 Å². The number of hydrogen-bond donors (Lipinski definition) is 1. The van der Waals surface area contributed by atoms with Gasteiger partial charge in [0.15, 0.2) is 6.29 Å². The molecular formula is C28H40O8. The summed E-state index contributed by atoms with van der Waals surface area (Å²) in [6.07, 6.45) is 8.04. The number of ether oxygens (including phenoxy) is 6. The summed E-state index contributed by atoms with van der Waals surface area (Å²) in [5, 5.41) is 10.3. The summed E-state index contributed by atoms with van der Waals surface area (Å²) in [7, 11) is 1.62. The molecule has 36 heavy (non-hydrogen) atoms. The van der Waals surface area contributed by atoms with Crippen molar-refractivity contribution in [3.05, 3.63) is 23.5 Å². The Morgan fingerprint density at radius 3 is 2.86 bits per heavy atom. The first-order valence-corrected chi connectivity index (χ1v) is 13.6. The van der Waals surface area contributed by atoms with Crippen LogP contribution in [0.15, 0.2) is 23.5 Å². The molecule has 8 nitrogen and oxygen atoms in total. The molecule has 6 rings (SSSR count). The van der Waals surface area contributed by atoms with Gasteiger partial charge >= 0.3 is 5.97 Å². The van der Waals surface area contributed by atoms with Crippen LogP contribution in [-0.4, -0.2) is 67.4 Å². The van der Waals surface area contributed by atoms with Gasteiger partial charge in [0.2, 0.25) is 5.79 Å². The minimum absolute atomic E-state index is 0.0155. The Morgan fingerprint density at radius 1 is 1.22 bits per heavy atom. The SMILES string of the molecule is COC1CC(OC2CCC3(C)C(=CCC4C(=O)OC5COC6(C)OC=C(CCC43)C56)C2)OC(C)C1O. The van der Waals surface area contributed by atoms with Gasteiger partial charge in [0.1, 0.15) is 12.2 Å². The van der Waals surface area contributed by atoms with Gasteiger partial charge in [-0.2, -0.15) is 0 Å². The van der Waals surface area contributed by atoms with Crippen LogP contribution in [0.25, 0.3) is 0 Å². The summed E-state index contributed by atoms with van der Waals surface area (Å²) in [6.45, 7) is 6.54. The van der Waals surface area contributed by atoms with Crippen LogP contribution < -0.4 is 0 Å². The Labute approximate surface area is 213 Å². The molecule has 0 aromatic heterocycles. The van der Waals surface area contributed by atoms with Crippen molar-refractivity contribution in [3.8, 4) is 0 Å². The summed E-state index contributed by atoms with van der Waals surface area (Å²) in [5.74, 6) is -0.727. The van der Waals surface area contributed by atoms with Crippen molar-refractivity contribution >= 4 is 5.97 Å². The highest BCUT2D eigenvalue weighted by molar-refractivity contribution is 5.74. The predicted molar refractivity (Wildman–Crippen MR) is 128 cm³/mol. The molecular weight excluding hydrogens is 464 g/mol. The first-order valence-electron chi connectivity index (χ1n) is 13.6. The van der Waals surface area contributed by atoms with Crippen LogP contribution >= 0.6 is 0 Å². The van der Waals surface area contributed by atoms with Gasteiger partial charge < -0.3 is 33.5 Å². The first kappa shape index (κ1) is 24.9. The number of carbonyl (C=O) groups is 1. The molecule has 1 saturated carbocycles. The van der Waals surface area contributed by atoms with Crippen LogP contribution in [0.2, 0.25) is 0 Å². The lowest BCUT2D eigenvalue weighted by Crippen LogP contribution is -2.50. The Kier molecular flexibility index (Phi) is 6.27. The fourth-order valence-corrected chi connectivity index (χ4v) is 7.86. The molecule has 3 saturated heterocycles. The van der Waals surface area contributed by atoms with E-state index >= 15 is 0 Å². The van der Waals surface area contributed by atoms with Crippen LogP contribution in [0.4, 0.5) is 0 Å². The molecule has 11 atom stereocenters. The highest BCUT2D eigenvalue weighted by Gasteiger charge is 2.58. The van der Waals surface area contributed by atoms with Crippen LogP contribution in [0.3, 0.4) is 0 Å². The van der Waals surface area contributed by atoms with Gasteiger partial charge in [-0.1, -0.05) is 18.6 Å². The van der Waals surface area contributed by atoms with E-state index < -0.39 is 11.9 Å². The van der Waals surface area contributed by atoms with E-state index in [9.17, 15) is 9.90 Å². The van der Waals surface area contributed by atoms with E-state index in [1.807, 2.05) is 20.1 Å². The molecule has 0 aromatic carbocycles. The third-order valence-electron chi connectivity index (χ3n) is 10.0. The topological polar surface area (TPSA) is 92.7 Å². The van der Waals surface area contributed by atoms with Gasteiger partial charge in [-0.25, -0.2) is 0 Å². The molecule has 4 heterocycles. The molecule has 6 aliphatic rings. The second-order valence-corrected chi connectivity index (χ2v) is 12.0. The lowest BCUT2D eigenvalue weighted by atomic mass is 9.55. The monoisotopic (exact) mass is 504 g/mol. The zero-order valence-electron chi connectivity index (χ0n) is 21.8. The number of carbonyl (C=O) groups excluding carboxylic acids is 1. The van der Waals surface area contributed by atoms with Gasteiger partial charge in [0, 0.05) is 20.5 Å². The average molecular weight is 505 g/mol. The number of rotatable bonds is 3. The van der Waals surface area contributed by atoms with E-state index in [4.69, 9.17) is 28.4 Å². The molecule has 200 valence electrons. The number of hydrogen-bond acceptors (Lipinski definition) is 8. The van der Waals surface area contributed by atoms with Crippen LogP contribution in [0.1, 0.15) is 65.7 Å². The summed E-state index contributed by atoms with van der Waals surface area (Å²) in [4.78, 5) is 13.5. The highest BCUT2D eigenvalue weighted by Crippen LogP contribution is 2.57. The smallest absolute Gasteiger partial charge is 0.309 e. The largest absolute Gasteiger partial charge is 0.469 e. The summed E-state index contributed by atoms with van der Waals surface area (Å²) in [5.41, 5.74) is 2.54. The maximum Gasteiger partial charge on any atom is 0.309 e. The van der Waals surface area contributed by atoms with Crippen molar-refractivity contribution in [1.29, 1.82) is 0 Å². The van der Waals surface area contributed by atoms with Crippen LogP contribution in [0, 0.1) is 23.2 Å². The number of methoxy groups -OCH3 is 1. The minimum atomic E-state index is -0.713. The zero-order chi connectivity index (χ0) is 25.2. The van der Waals surface area contributed by atoms with E-state index in [0.29, 0.717) is 19.4 Å². The molecule has 8 heteroatoms. The average Bonchev–Trinajstić information content (AvgIpc) is 3.36. The van der Waals surface area contributed by atoms with E-state index in [0.717, 1.165) is 32.1 Å². The van der Waals surface area contributed by atoms with Crippen LogP contribution in [-0.2, 0) is 33.2 Å². The number of aliphatic hydroxyl groups excluding tert-OH is 1. The van der Waals surface area contributed by atoms with Gasteiger partial charge in [-0.3, -0.25) is 4.79 Å². The van der Waals surface area contributed by atoms with Crippen molar-refractivity contribution in [2.75, 3.05) is 13.7 Å². The van der Waals surface area contributed by atoms with Crippen LogP contribution in [0.5, 0.6) is 0 Å². The Hall–Kier alpha value is -1.45. The molecule has 4 aliphatic heterocycles. The molecule has 4 fully saturated rings. The van der Waals surface area contributed by atoms with Gasteiger partial charge in [0.25, 0.3) is 0 Å². The maximum absolute atomic E-state index is 13.5. The number of esters is 1. The summed E-state index contributed by atoms with van der Waals surface area (Å²) in [6, 6.07) is 0. The van der Waals surface area contributed by atoms with Crippen molar-refractivity contribution < 1.29 is 38.3 Å². The van der Waals surface area contributed by atoms with E-state index in [2.05, 4.69) is 13.0 Å². The lowest BCUT2D eigenvalue weighted by Gasteiger charge is -2.50. The fraction of sp³-hybridized carbons (Fsp3) is 0.821. The first-order chi connectivity index (χ1) is 17.2. The minimum Gasteiger partial charge on any atom is -0.469 e. The summed E-state index contributed by atoms with van der Waals surface area (Å²) >= 11 is 0. The Morgan fingerprint density at radius 2 is 2.06 bits per heavy atom. The Bertz CT molecular complexity index is 946. The summed E-state index contributed by atoms with van der Waals surface area (Å²) < 4.78 is 35.8. The molecule has 2 aliphatic carbocycles. The molecule has 0 radical (unpaired) electrons. The van der Waals surface area contributed by atoms with Crippen molar-refractivity contribution in [2.45, 2.75) is 108 Å². The van der Waals surface area contributed by atoms with Crippen molar-refractivity contribution in [3.63, 3.8) is 0 Å². The third kappa shape index (κ3) is 3.95. The van der Waals surface area contributed by atoms with E-state index in [1.165, 1.54) is 11.1 Å². The van der Waals surface area contributed by atoms with Crippen molar-refractivity contribution in [1.82, 2.24) is 0 Å². The number of fused-ring (bicyclic) bond motifs is 3. The van der Waals surface area contributed by atoms with E-state index in [1.54, 1.807) is 7.11 Å². The van der Waals surface area contributed by atoms with Crippen molar-refractivity contribution in [2.24, 2.45) is 23.2 Å². The Balaban J connectivity index is 1.18. The third-order valence-corrected chi connectivity index (χ3v) is 10.0. The fourth-order valence-electron chi connectivity index (χ4n) is 7.86. The maximum atomic E-state index is 13.5. The predicted octanol–water partition coefficient (Wildman–Crippen LogP) is 3.62. The van der Waals surface area contributed by atoms with Gasteiger partial charge in [0.05, 0.1) is 43.0 Å². The number of aliphatic hydroxyl groups is 1. The zero-order valence-corrected chi connectivity index (χ0v) is 21.8.